The lowest BCUT2D eigenvalue weighted by molar-refractivity contribution is 0.0176. The van der Waals surface area contributed by atoms with Crippen molar-refractivity contribution in [1.29, 1.82) is 0 Å². The average molecular weight is 268 g/mol. The first-order valence-electron chi connectivity index (χ1n) is 7.11. The van der Waals surface area contributed by atoms with Crippen molar-refractivity contribution in [2.45, 2.75) is 32.3 Å². The van der Waals surface area contributed by atoms with Gasteiger partial charge in [-0.25, -0.2) is 0 Å². The van der Waals surface area contributed by atoms with Crippen molar-refractivity contribution in [2.24, 2.45) is 0 Å². The summed E-state index contributed by atoms with van der Waals surface area (Å²) in [6.07, 6.45) is 2.03. The predicted molar refractivity (Wildman–Crippen MR) is 80.5 cm³/mol. The highest BCUT2D eigenvalue weighted by atomic mass is 16.5. The smallest absolute Gasteiger partial charge is 0.140 e. The summed E-state index contributed by atoms with van der Waals surface area (Å²) >= 11 is 0. The molecule has 0 amide bonds. The van der Waals surface area contributed by atoms with Gasteiger partial charge in [0.05, 0.1) is 0 Å². The van der Waals surface area contributed by atoms with Crippen LogP contribution in [0.2, 0.25) is 0 Å². The molecule has 0 N–H and O–H groups in total. The van der Waals surface area contributed by atoms with E-state index in [0.29, 0.717) is 6.61 Å². The van der Waals surface area contributed by atoms with Crippen LogP contribution in [0.3, 0.4) is 0 Å². The normalized spacial score (nSPS) is 20.9. The van der Waals surface area contributed by atoms with Crippen LogP contribution in [0.15, 0.2) is 48.5 Å². The Bertz CT molecular complexity index is 589. The van der Waals surface area contributed by atoms with Gasteiger partial charge in [-0.05, 0) is 50.5 Å². The summed E-state index contributed by atoms with van der Waals surface area (Å²) in [5, 5.41) is 0. The summed E-state index contributed by atoms with van der Waals surface area (Å²) in [5.41, 5.74) is 2.28. The molecular weight excluding hydrogens is 248 g/mol. The van der Waals surface area contributed by atoms with Crippen LogP contribution in [0, 0.1) is 6.92 Å². The SMILES string of the molecule is Cc1ccc(OCC2(C)CCc3ccccc3O2)cc1. The minimum atomic E-state index is -0.251. The molecule has 0 aromatic heterocycles. The Morgan fingerprint density at radius 1 is 1.10 bits per heavy atom. The summed E-state index contributed by atoms with van der Waals surface area (Å²) < 4.78 is 12.0. The summed E-state index contributed by atoms with van der Waals surface area (Å²) in [7, 11) is 0. The van der Waals surface area contributed by atoms with E-state index >= 15 is 0 Å². The molecule has 0 radical (unpaired) electrons. The Labute approximate surface area is 120 Å². The second-order valence-corrected chi connectivity index (χ2v) is 5.76. The Morgan fingerprint density at radius 3 is 2.65 bits per heavy atom. The van der Waals surface area contributed by atoms with E-state index in [4.69, 9.17) is 9.47 Å². The van der Waals surface area contributed by atoms with Gasteiger partial charge in [0.15, 0.2) is 0 Å². The lowest BCUT2D eigenvalue weighted by Gasteiger charge is -2.35. The van der Waals surface area contributed by atoms with Crippen molar-refractivity contribution in [3.63, 3.8) is 0 Å². The lowest BCUT2D eigenvalue weighted by atomic mass is 9.93. The molecule has 3 rings (SSSR count). The lowest BCUT2D eigenvalue weighted by Crippen LogP contribution is -2.42. The van der Waals surface area contributed by atoms with Crippen LogP contribution in [-0.4, -0.2) is 12.2 Å². The zero-order chi connectivity index (χ0) is 14.0. The van der Waals surface area contributed by atoms with E-state index in [2.05, 4.69) is 38.1 Å². The van der Waals surface area contributed by atoms with E-state index in [0.717, 1.165) is 24.3 Å². The van der Waals surface area contributed by atoms with Crippen molar-refractivity contribution in [1.82, 2.24) is 0 Å². The molecule has 2 aromatic carbocycles. The molecule has 1 atom stereocenters. The summed E-state index contributed by atoms with van der Waals surface area (Å²) in [5.74, 6) is 1.90. The highest BCUT2D eigenvalue weighted by Crippen LogP contribution is 2.33. The largest absolute Gasteiger partial charge is 0.489 e. The predicted octanol–water partition coefficient (Wildman–Crippen LogP) is 4.16. The topological polar surface area (TPSA) is 18.5 Å². The number of ether oxygens (including phenoxy) is 2. The Balaban J connectivity index is 1.67. The van der Waals surface area contributed by atoms with Crippen LogP contribution in [0.5, 0.6) is 11.5 Å². The van der Waals surface area contributed by atoms with Crippen molar-refractivity contribution in [2.75, 3.05) is 6.61 Å². The zero-order valence-corrected chi connectivity index (χ0v) is 12.1. The highest BCUT2D eigenvalue weighted by molar-refractivity contribution is 5.36. The van der Waals surface area contributed by atoms with Crippen LogP contribution in [0.4, 0.5) is 0 Å². The van der Waals surface area contributed by atoms with E-state index in [1.807, 2.05) is 24.3 Å². The minimum Gasteiger partial charge on any atom is -0.489 e. The molecular formula is C18H20O2. The third-order valence-electron chi connectivity index (χ3n) is 3.82. The van der Waals surface area contributed by atoms with Gasteiger partial charge < -0.3 is 9.47 Å². The fourth-order valence-corrected chi connectivity index (χ4v) is 2.50. The van der Waals surface area contributed by atoms with Crippen molar-refractivity contribution < 1.29 is 9.47 Å². The Morgan fingerprint density at radius 2 is 1.85 bits per heavy atom. The van der Waals surface area contributed by atoms with Gasteiger partial charge in [0.2, 0.25) is 0 Å². The second kappa shape index (κ2) is 5.20. The first kappa shape index (κ1) is 13.0. The first-order chi connectivity index (χ1) is 9.65. The molecule has 2 nitrogen and oxygen atoms in total. The second-order valence-electron chi connectivity index (χ2n) is 5.76. The Kier molecular flexibility index (Phi) is 3.39. The van der Waals surface area contributed by atoms with Crippen molar-refractivity contribution >= 4 is 0 Å². The van der Waals surface area contributed by atoms with E-state index < -0.39 is 0 Å². The van der Waals surface area contributed by atoms with Gasteiger partial charge in [-0.1, -0.05) is 35.9 Å². The summed E-state index contributed by atoms with van der Waals surface area (Å²) in [6.45, 7) is 4.77. The molecule has 104 valence electrons. The van der Waals surface area contributed by atoms with Gasteiger partial charge in [0, 0.05) is 0 Å². The first-order valence-corrected chi connectivity index (χ1v) is 7.11. The maximum Gasteiger partial charge on any atom is 0.140 e. The number of para-hydroxylation sites is 1. The number of rotatable bonds is 3. The minimum absolute atomic E-state index is 0.251. The molecule has 1 heterocycles. The average Bonchev–Trinajstić information content (AvgIpc) is 2.47. The van der Waals surface area contributed by atoms with E-state index in [-0.39, 0.29) is 5.60 Å². The van der Waals surface area contributed by atoms with Crippen LogP contribution >= 0.6 is 0 Å². The van der Waals surface area contributed by atoms with Gasteiger partial charge in [0.25, 0.3) is 0 Å². The molecule has 1 unspecified atom stereocenters. The number of aryl methyl sites for hydroxylation is 2. The summed E-state index contributed by atoms with van der Waals surface area (Å²) in [6, 6.07) is 16.4. The van der Waals surface area contributed by atoms with E-state index in [1.54, 1.807) is 0 Å². The molecule has 0 spiro atoms. The number of hydrogen-bond acceptors (Lipinski definition) is 2. The van der Waals surface area contributed by atoms with Gasteiger partial charge >= 0.3 is 0 Å². The van der Waals surface area contributed by atoms with Gasteiger partial charge in [-0.2, -0.15) is 0 Å². The maximum atomic E-state index is 6.14. The van der Waals surface area contributed by atoms with E-state index in [9.17, 15) is 0 Å². The molecule has 2 heteroatoms. The highest BCUT2D eigenvalue weighted by Gasteiger charge is 2.32. The number of hydrogen-bond donors (Lipinski definition) is 0. The van der Waals surface area contributed by atoms with Crippen LogP contribution < -0.4 is 9.47 Å². The third kappa shape index (κ3) is 2.79. The van der Waals surface area contributed by atoms with Gasteiger partial charge in [-0.3, -0.25) is 0 Å². The molecule has 20 heavy (non-hydrogen) atoms. The zero-order valence-electron chi connectivity index (χ0n) is 12.1. The maximum absolute atomic E-state index is 6.14. The molecule has 0 fully saturated rings. The standard InChI is InChI=1S/C18H20O2/c1-14-7-9-16(10-8-14)19-13-18(2)12-11-15-5-3-4-6-17(15)20-18/h3-10H,11-13H2,1-2H3. The van der Waals surface area contributed by atoms with Crippen LogP contribution in [0.1, 0.15) is 24.5 Å². The summed E-state index contributed by atoms with van der Waals surface area (Å²) in [4.78, 5) is 0. The fraction of sp³-hybridized carbons (Fsp3) is 0.333. The van der Waals surface area contributed by atoms with Crippen molar-refractivity contribution in [3.05, 3.63) is 59.7 Å². The number of fused-ring (bicyclic) bond motifs is 1. The number of benzene rings is 2. The molecule has 0 bridgehead atoms. The van der Waals surface area contributed by atoms with Crippen LogP contribution in [-0.2, 0) is 6.42 Å². The molecule has 0 aliphatic carbocycles. The van der Waals surface area contributed by atoms with Crippen molar-refractivity contribution in [3.8, 4) is 11.5 Å². The fourth-order valence-electron chi connectivity index (χ4n) is 2.50. The monoisotopic (exact) mass is 268 g/mol. The molecule has 0 saturated heterocycles. The molecule has 1 aliphatic rings. The van der Waals surface area contributed by atoms with Gasteiger partial charge in [-0.15, -0.1) is 0 Å². The molecule has 2 aromatic rings. The molecule has 1 aliphatic heterocycles. The third-order valence-corrected chi connectivity index (χ3v) is 3.82. The van der Waals surface area contributed by atoms with Crippen LogP contribution in [0.25, 0.3) is 0 Å². The Hall–Kier alpha value is -1.96. The molecule has 0 saturated carbocycles. The van der Waals surface area contributed by atoms with E-state index in [1.165, 1.54) is 11.1 Å². The quantitative estimate of drug-likeness (QED) is 0.832. The van der Waals surface area contributed by atoms with Gasteiger partial charge in [0.1, 0.15) is 23.7 Å².